The summed E-state index contributed by atoms with van der Waals surface area (Å²) >= 11 is 0. The van der Waals surface area contributed by atoms with Crippen molar-refractivity contribution in [2.45, 2.75) is 76.0 Å². The van der Waals surface area contributed by atoms with Crippen LogP contribution in [0, 0.1) is 0 Å². The van der Waals surface area contributed by atoms with E-state index in [0.717, 1.165) is 49.2 Å². The van der Waals surface area contributed by atoms with Crippen LogP contribution in [0.25, 0.3) is 6.08 Å². The first-order valence-electron chi connectivity index (χ1n) is 17.0. The van der Waals surface area contributed by atoms with Crippen molar-refractivity contribution in [2.75, 3.05) is 51.1 Å². The van der Waals surface area contributed by atoms with Crippen molar-refractivity contribution in [3.05, 3.63) is 65.7 Å². The lowest BCUT2D eigenvalue weighted by molar-refractivity contribution is -0.142. The van der Waals surface area contributed by atoms with Crippen molar-refractivity contribution in [1.82, 2.24) is 19.6 Å². The summed E-state index contributed by atoms with van der Waals surface area (Å²) < 4.78 is 6.02. The topological polar surface area (TPSA) is 106 Å². The second-order valence-corrected chi connectivity index (χ2v) is 13.1. The summed E-state index contributed by atoms with van der Waals surface area (Å²) in [5, 5.41) is 13.2. The molecular formula is C36H47N5O5. The fraction of sp³-hybridized carbons (Fsp3) is 0.528. The van der Waals surface area contributed by atoms with Crippen LogP contribution in [0.5, 0.6) is 5.75 Å². The summed E-state index contributed by atoms with van der Waals surface area (Å²) in [6, 6.07) is 13.4. The Labute approximate surface area is 272 Å². The highest BCUT2D eigenvalue weighted by Gasteiger charge is 2.36. The Morgan fingerprint density at radius 1 is 0.913 bits per heavy atom. The molecular weight excluding hydrogens is 582 g/mol. The Balaban J connectivity index is 1.08. The fourth-order valence-electron chi connectivity index (χ4n) is 7.52. The third-order valence-electron chi connectivity index (χ3n) is 10.2. The Kier molecular flexibility index (Phi) is 10.1. The zero-order valence-electron chi connectivity index (χ0n) is 26.7. The third kappa shape index (κ3) is 7.33. The Morgan fingerprint density at radius 3 is 2.35 bits per heavy atom. The lowest BCUT2D eigenvalue weighted by atomic mass is 9.98. The lowest BCUT2D eigenvalue weighted by Gasteiger charge is -2.41. The second-order valence-electron chi connectivity index (χ2n) is 13.1. The van der Waals surface area contributed by atoms with Crippen molar-refractivity contribution in [3.8, 4) is 5.75 Å². The quantitative estimate of drug-likeness (QED) is 0.441. The molecule has 0 aliphatic carbocycles. The minimum atomic E-state index is -0.978. The number of aromatic hydroxyl groups is 1. The van der Waals surface area contributed by atoms with Crippen molar-refractivity contribution in [2.24, 2.45) is 0 Å². The molecule has 0 aromatic heterocycles. The normalized spacial score (nSPS) is 20.8. The molecule has 4 heterocycles. The first-order chi connectivity index (χ1) is 22.4. The minimum Gasteiger partial charge on any atom is -0.507 e. The number of anilines is 1. The van der Waals surface area contributed by atoms with Gasteiger partial charge in [0, 0.05) is 62.5 Å². The SMILES string of the molecule is C=Cc1cc(C[C@@H](OC(=O)N2CCC(N3CCc4ccccc4NC3=O)CC2)C(=O)N2CCC(N3CCCCC3)CC2)ccc1O. The number of phenols is 1. The van der Waals surface area contributed by atoms with Crippen LogP contribution in [0.2, 0.25) is 0 Å². The van der Waals surface area contributed by atoms with Crippen LogP contribution in [0.3, 0.4) is 0 Å². The van der Waals surface area contributed by atoms with Gasteiger partial charge >= 0.3 is 12.1 Å². The average molecular weight is 630 g/mol. The summed E-state index contributed by atoms with van der Waals surface area (Å²) in [4.78, 5) is 48.5. The average Bonchev–Trinajstić information content (AvgIpc) is 3.27. The fourth-order valence-corrected chi connectivity index (χ4v) is 7.52. The van der Waals surface area contributed by atoms with Crippen LogP contribution in [0.4, 0.5) is 15.3 Å². The van der Waals surface area contributed by atoms with Gasteiger partial charge in [0.25, 0.3) is 5.91 Å². The number of hydrogen-bond donors (Lipinski definition) is 2. The number of nitrogens with one attached hydrogen (secondary N) is 1. The molecule has 0 radical (unpaired) electrons. The smallest absolute Gasteiger partial charge is 0.410 e. The second kappa shape index (κ2) is 14.6. The summed E-state index contributed by atoms with van der Waals surface area (Å²) in [5.41, 5.74) is 3.34. The molecule has 2 aromatic rings. The number of carbonyl (C=O) groups excluding carboxylic acids is 3. The number of ether oxygens (including phenoxy) is 1. The van der Waals surface area contributed by atoms with E-state index in [-0.39, 0.29) is 30.2 Å². The number of carbonyl (C=O) groups is 3. The van der Waals surface area contributed by atoms with E-state index in [4.69, 9.17) is 4.74 Å². The van der Waals surface area contributed by atoms with Gasteiger partial charge in [0.2, 0.25) is 0 Å². The molecule has 246 valence electrons. The van der Waals surface area contributed by atoms with Gasteiger partial charge in [-0.15, -0.1) is 0 Å². The number of urea groups is 1. The molecule has 0 unspecified atom stereocenters. The summed E-state index contributed by atoms with van der Waals surface area (Å²) in [6.45, 7) is 8.87. The summed E-state index contributed by atoms with van der Waals surface area (Å²) in [6.07, 6.45) is 7.99. The van der Waals surface area contributed by atoms with Gasteiger partial charge in [-0.3, -0.25) is 4.79 Å². The molecule has 0 spiro atoms. The molecule has 46 heavy (non-hydrogen) atoms. The maximum absolute atomic E-state index is 13.9. The third-order valence-corrected chi connectivity index (χ3v) is 10.2. The molecule has 4 aliphatic rings. The van der Waals surface area contributed by atoms with Crippen molar-refractivity contribution < 1.29 is 24.2 Å². The van der Waals surface area contributed by atoms with Crippen molar-refractivity contribution in [1.29, 1.82) is 0 Å². The maximum atomic E-state index is 13.9. The lowest BCUT2D eigenvalue weighted by Crippen LogP contribution is -2.53. The molecule has 1 atom stereocenters. The Hall–Kier alpha value is -4.05. The highest BCUT2D eigenvalue weighted by Crippen LogP contribution is 2.27. The summed E-state index contributed by atoms with van der Waals surface area (Å²) in [5.74, 6) is -0.0578. The van der Waals surface area contributed by atoms with E-state index in [0.29, 0.717) is 57.2 Å². The van der Waals surface area contributed by atoms with Gasteiger partial charge in [0.05, 0.1) is 0 Å². The zero-order valence-corrected chi connectivity index (χ0v) is 26.7. The largest absolute Gasteiger partial charge is 0.507 e. The van der Waals surface area contributed by atoms with Gasteiger partial charge in [-0.25, -0.2) is 9.59 Å². The van der Waals surface area contributed by atoms with Gasteiger partial charge in [0.15, 0.2) is 6.10 Å². The maximum Gasteiger partial charge on any atom is 0.410 e. The van der Waals surface area contributed by atoms with E-state index in [1.165, 1.54) is 19.3 Å². The first kappa shape index (κ1) is 31.9. The van der Waals surface area contributed by atoms with E-state index in [1.54, 1.807) is 29.2 Å². The number of hydrogen-bond acceptors (Lipinski definition) is 6. The molecule has 6 rings (SSSR count). The van der Waals surface area contributed by atoms with Crippen molar-refractivity contribution in [3.63, 3.8) is 0 Å². The predicted molar refractivity (Wildman–Crippen MR) is 178 cm³/mol. The first-order valence-corrected chi connectivity index (χ1v) is 17.0. The van der Waals surface area contributed by atoms with Crippen LogP contribution < -0.4 is 5.32 Å². The number of piperidine rings is 3. The molecule has 10 heteroatoms. The summed E-state index contributed by atoms with van der Waals surface area (Å²) in [7, 11) is 0. The molecule has 10 nitrogen and oxygen atoms in total. The van der Waals surface area contributed by atoms with Crippen LogP contribution in [-0.4, -0.2) is 107 Å². The van der Waals surface area contributed by atoms with E-state index < -0.39 is 12.2 Å². The van der Waals surface area contributed by atoms with Gasteiger partial charge in [-0.2, -0.15) is 0 Å². The number of rotatable bonds is 7. The monoisotopic (exact) mass is 629 g/mol. The molecule has 0 bridgehead atoms. The number of nitrogens with zero attached hydrogens (tertiary/aromatic N) is 4. The van der Waals surface area contributed by atoms with Gasteiger partial charge in [-0.05, 0) is 87.4 Å². The zero-order chi connectivity index (χ0) is 32.0. The molecule has 3 saturated heterocycles. The molecule has 0 saturated carbocycles. The van der Waals surface area contributed by atoms with Crippen LogP contribution in [0.15, 0.2) is 49.0 Å². The van der Waals surface area contributed by atoms with Gasteiger partial charge < -0.3 is 34.8 Å². The Bertz CT molecular complexity index is 1410. The molecule has 2 N–H and O–H groups in total. The van der Waals surface area contributed by atoms with E-state index >= 15 is 0 Å². The molecule has 4 aliphatic heterocycles. The minimum absolute atomic E-state index is 0.0197. The predicted octanol–water partition coefficient (Wildman–Crippen LogP) is 5.11. The number of amides is 4. The van der Waals surface area contributed by atoms with E-state index in [9.17, 15) is 19.5 Å². The number of fused-ring (bicyclic) bond motifs is 1. The number of likely N-dealkylation sites (tertiary alicyclic amines) is 3. The van der Waals surface area contributed by atoms with Crippen molar-refractivity contribution >= 4 is 29.8 Å². The van der Waals surface area contributed by atoms with Crippen LogP contribution in [-0.2, 0) is 22.4 Å². The number of benzene rings is 2. The van der Waals surface area contributed by atoms with Crippen LogP contribution >= 0.6 is 0 Å². The molecule has 4 amide bonds. The van der Waals surface area contributed by atoms with Gasteiger partial charge in [-0.1, -0.05) is 43.3 Å². The number of phenolic OH excluding ortho intramolecular Hbond substituents is 1. The standard InChI is InChI=1S/C36H47N5O5/c1-2-27-24-26(10-11-32(27)42)25-33(34(43)39-19-13-29(14-20-39)38-17-6-3-7-18-38)46-36(45)40-21-15-30(16-22-40)41-23-12-28-8-4-5-9-31(28)37-35(41)44/h2,4-5,8-11,24,29-30,33,42H,1,3,6-7,12-23,25H2,(H,37,44)/t33-/m1/s1. The number of para-hydroxylation sites is 1. The highest BCUT2D eigenvalue weighted by atomic mass is 16.6. The van der Waals surface area contributed by atoms with E-state index in [2.05, 4.69) is 16.8 Å². The highest BCUT2D eigenvalue weighted by molar-refractivity contribution is 5.91. The van der Waals surface area contributed by atoms with Gasteiger partial charge in [0.1, 0.15) is 5.75 Å². The Morgan fingerprint density at radius 2 is 1.61 bits per heavy atom. The molecule has 2 aromatic carbocycles. The van der Waals surface area contributed by atoms with E-state index in [1.807, 2.05) is 34.1 Å². The molecule has 3 fully saturated rings. The van der Waals surface area contributed by atoms with Crippen LogP contribution in [0.1, 0.15) is 61.6 Å².